The molecule has 0 aromatic carbocycles. The van der Waals surface area contributed by atoms with Crippen LogP contribution in [0.25, 0.3) is 0 Å². The van der Waals surface area contributed by atoms with Gasteiger partial charge in [0.15, 0.2) is 12.6 Å². The largest absolute Gasteiger partial charge is 0.459 e. The van der Waals surface area contributed by atoms with Crippen LogP contribution in [-0.2, 0) is 33.2 Å². The van der Waals surface area contributed by atoms with Crippen molar-refractivity contribution < 1.29 is 58.7 Å². The fraction of sp³-hybridized carbons (Fsp3) is 0.974. The third-order valence-electron chi connectivity index (χ3n) is 12.0. The lowest BCUT2D eigenvalue weighted by Crippen LogP contribution is -2.60. The lowest BCUT2D eigenvalue weighted by atomic mass is 9.77. The van der Waals surface area contributed by atoms with Gasteiger partial charge in [-0.3, -0.25) is 9.69 Å². The highest BCUT2D eigenvalue weighted by atomic mass is 16.7. The molecular formula is C38H72N2O12. The standard InChI is InChI=1S/C38H72N2O12/c1-12-28-38(10,46)31(42)25(6)40(17-13-16-39)20-21(2)18-36(8,45)33(52-35-27(41)15-14-22(3)48-35)23(4)30(24(5)34(44)50-28)51-29-19-37(9,47-11)32(43)26(7)49-29/h21-33,35,41-43,45-46H,12-20,39H2,1-11H3/t21-,22-,23+,24-,25-,26+,27-,28-,29+,30+,31+,32+,33-,35+,36-,37-,38-/m1/s1. The van der Waals surface area contributed by atoms with Gasteiger partial charge in [0.05, 0.1) is 41.5 Å². The van der Waals surface area contributed by atoms with Crippen molar-refractivity contribution in [1.29, 1.82) is 0 Å². The highest BCUT2D eigenvalue weighted by Gasteiger charge is 2.52. The molecule has 0 saturated carbocycles. The van der Waals surface area contributed by atoms with E-state index in [9.17, 15) is 30.3 Å². The molecule has 306 valence electrons. The average molecular weight is 749 g/mol. The third-order valence-corrected chi connectivity index (χ3v) is 12.0. The summed E-state index contributed by atoms with van der Waals surface area (Å²) in [5, 5.41) is 58.0. The Balaban J connectivity index is 2.17. The summed E-state index contributed by atoms with van der Waals surface area (Å²) in [5.74, 6) is -2.59. The Morgan fingerprint density at radius 3 is 2.19 bits per heavy atom. The highest BCUT2D eigenvalue weighted by Crippen LogP contribution is 2.40. The Kier molecular flexibility index (Phi) is 16.4. The molecule has 3 aliphatic heterocycles. The van der Waals surface area contributed by atoms with E-state index >= 15 is 0 Å². The average Bonchev–Trinajstić information content (AvgIpc) is 3.08. The minimum Gasteiger partial charge on any atom is -0.459 e. The van der Waals surface area contributed by atoms with E-state index in [1.807, 2.05) is 32.6 Å². The van der Waals surface area contributed by atoms with Gasteiger partial charge in [0, 0.05) is 32.0 Å². The predicted molar refractivity (Wildman–Crippen MR) is 194 cm³/mol. The maximum Gasteiger partial charge on any atom is 0.311 e. The Hall–Kier alpha value is -1.01. The number of hydrogen-bond donors (Lipinski definition) is 6. The van der Waals surface area contributed by atoms with Crippen molar-refractivity contribution in [3.8, 4) is 0 Å². The zero-order valence-corrected chi connectivity index (χ0v) is 33.6. The quantitative estimate of drug-likeness (QED) is 0.187. The molecule has 17 atom stereocenters. The number of hydrogen-bond acceptors (Lipinski definition) is 14. The Morgan fingerprint density at radius 2 is 1.60 bits per heavy atom. The lowest BCUT2D eigenvalue weighted by Gasteiger charge is -2.48. The summed E-state index contributed by atoms with van der Waals surface area (Å²) in [6, 6.07) is -0.561. The fourth-order valence-electron chi connectivity index (χ4n) is 8.59. The second kappa shape index (κ2) is 18.8. The van der Waals surface area contributed by atoms with Gasteiger partial charge < -0.3 is 59.7 Å². The highest BCUT2D eigenvalue weighted by molar-refractivity contribution is 5.73. The molecule has 0 aliphatic carbocycles. The molecule has 14 nitrogen and oxygen atoms in total. The van der Waals surface area contributed by atoms with Gasteiger partial charge in [-0.15, -0.1) is 0 Å². The van der Waals surface area contributed by atoms with Crippen LogP contribution in [0.5, 0.6) is 0 Å². The van der Waals surface area contributed by atoms with Gasteiger partial charge in [-0.1, -0.05) is 20.8 Å². The summed E-state index contributed by atoms with van der Waals surface area (Å²) < 4.78 is 37.3. The number of nitrogens with two attached hydrogens (primary N) is 1. The number of methoxy groups -OCH3 is 1. The van der Waals surface area contributed by atoms with Crippen molar-refractivity contribution in [3.05, 3.63) is 0 Å². The summed E-state index contributed by atoms with van der Waals surface area (Å²) in [4.78, 5) is 16.3. The maximum absolute atomic E-state index is 14.2. The van der Waals surface area contributed by atoms with E-state index in [0.29, 0.717) is 38.9 Å². The number of aliphatic hydroxyl groups is 5. The summed E-state index contributed by atoms with van der Waals surface area (Å²) in [5.41, 5.74) is 1.50. The molecule has 3 heterocycles. The number of carbonyl (C=O) groups excluding carboxylic acids is 1. The topological polar surface area (TPSA) is 203 Å². The minimum atomic E-state index is -1.82. The lowest BCUT2D eigenvalue weighted by molar-refractivity contribution is -0.314. The van der Waals surface area contributed by atoms with Crippen molar-refractivity contribution in [2.24, 2.45) is 23.5 Å². The van der Waals surface area contributed by atoms with Crippen molar-refractivity contribution in [1.82, 2.24) is 4.90 Å². The van der Waals surface area contributed by atoms with E-state index in [4.69, 9.17) is 34.2 Å². The first-order valence-electron chi connectivity index (χ1n) is 19.4. The van der Waals surface area contributed by atoms with Gasteiger partial charge >= 0.3 is 5.97 Å². The molecule has 0 amide bonds. The molecule has 14 heteroatoms. The number of aliphatic hydroxyl groups excluding tert-OH is 3. The van der Waals surface area contributed by atoms with E-state index in [0.717, 1.165) is 0 Å². The second-order valence-electron chi connectivity index (χ2n) is 16.8. The smallest absolute Gasteiger partial charge is 0.311 e. The summed E-state index contributed by atoms with van der Waals surface area (Å²) in [6.45, 7) is 19.0. The zero-order valence-electron chi connectivity index (χ0n) is 33.6. The predicted octanol–water partition coefficient (Wildman–Crippen LogP) is 2.08. The number of cyclic esters (lactones) is 1. The molecule has 3 aliphatic rings. The molecule has 0 radical (unpaired) electrons. The van der Waals surface area contributed by atoms with Crippen LogP contribution in [-0.4, -0.2) is 147 Å². The third kappa shape index (κ3) is 10.6. The number of rotatable bonds is 9. The molecule has 0 bridgehead atoms. The van der Waals surface area contributed by atoms with Crippen molar-refractivity contribution in [2.75, 3.05) is 26.7 Å². The zero-order chi connectivity index (χ0) is 39.3. The summed E-state index contributed by atoms with van der Waals surface area (Å²) in [6.07, 6.45) is -6.81. The van der Waals surface area contributed by atoms with Crippen LogP contribution in [0.3, 0.4) is 0 Å². The van der Waals surface area contributed by atoms with Crippen molar-refractivity contribution >= 4 is 5.97 Å². The van der Waals surface area contributed by atoms with Crippen LogP contribution in [0.4, 0.5) is 0 Å². The molecule has 0 aromatic rings. The molecule has 0 unspecified atom stereocenters. The number of carbonyl (C=O) groups is 1. The van der Waals surface area contributed by atoms with Crippen LogP contribution in [0.2, 0.25) is 0 Å². The second-order valence-corrected chi connectivity index (χ2v) is 16.8. The van der Waals surface area contributed by atoms with Gasteiger partial charge in [-0.05, 0) is 99.6 Å². The maximum atomic E-state index is 14.2. The molecule has 52 heavy (non-hydrogen) atoms. The summed E-state index contributed by atoms with van der Waals surface area (Å²) >= 11 is 0. The number of esters is 1. The van der Waals surface area contributed by atoms with Crippen molar-refractivity contribution in [2.45, 2.75) is 192 Å². The molecule has 0 spiro atoms. The van der Waals surface area contributed by atoms with Crippen molar-refractivity contribution in [3.63, 3.8) is 0 Å². The molecule has 3 rings (SSSR count). The number of ether oxygens (including phenoxy) is 6. The monoisotopic (exact) mass is 749 g/mol. The molecule has 7 N–H and O–H groups in total. The van der Waals surface area contributed by atoms with Gasteiger partial charge in [0.2, 0.25) is 0 Å². The Morgan fingerprint density at radius 1 is 0.942 bits per heavy atom. The van der Waals surface area contributed by atoms with E-state index in [2.05, 4.69) is 0 Å². The van der Waals surface area contributed by atoms with Crippen LogP contribution >= 0.6 is 0 Å². The van der Waals surface area contributed by atoms with Crippen LogP contribution in [0.15, 0.2) is 0 Å². The van der Waals surface area contributed by atoms with E-state index < -0.39 is 96.0 Å². The summed E-state index contributed by atoms with van der Waals surface area (Å²) in [7, 11) is 1.51. The SMILES string of the molecule is CC[C@H]1OC(=O)[C@H](C)[C@@H](O[C@H]2C[C@@](C)(OC)[C@@H](O)[C@H](C)O2)[C@H](C)[C@@H](O[C@@H]2O[C@H](C)CC[C@H]2O)[C@](C)(O)C[C@@H](C)CN(CCCN)[C@H](C)[C@H](O)[C@]1(C)O. The molecule has 3 fully saturated rings. The molecule has 3 saturated heterocycles. The van der Waals surface area contributed by atoms with Gasteiger partial charge in [-0.25, -0.2) is 0 Å². The van der Waals surface area contributed by atoms with E-state index in [-0.39, 0.29) is 31.3 Å². The Labute approximate surface area is 311 Å². The fourth-order valence-corrected chi connectivity index (χ4v) is 8.59. The van der Waals surface area contributed by atoms with Gasteiger partial charge in [0.25, 0.3) is 0 Å². The van der Waals surface area contributed by atoms with Crippen LogP contribution in [0.1, 0.15) is 108 Å². The first kappa shape index (κ1) is 45.4. The van der Waals surface area contributed by atoms with Gasteiger partial charge in [0.1, 0.15) is 30.0 Å². The van der Waals surface area contributed by atoms with E-state index in [1.165, 1.54) is 14.0 Å². The first-order valence-corrected chi connectivity index (χ1v) is 19.4. The molecule has 0 aromatic heterocycles. The van der Waals surface area contributed by atoms with Crippen LogP contribution < -0.4 is 5.73 Å². The van der Waals surface area contributed by atoms with Gasteiger partial charge in [-0.2, -0.15) is 0 Å². The Bertz CT molecular complexity index is 1110. The molecular weight excluding hydrogens is 676 g/mol. The van der Waals surface area contributed by atoms with Crippen LogP contribution in [0, 0.1) is 17.8 Å². The number of nitrogens with zero attached hydrogens (tertiary/aromatic N) is 1. The first-order chi connectivity index (χ1) is 24.1. The van der Waals surface area contributed by atoms with E-state index in [1.54, 1.807) is 34.6 Å². The minimum absolute atomic E-state index is 0.135. The normalized spacial score (nSPS) is 48.1.